The number of aliphatic hydroxyl groups is 2. The molecule has 0 aliphatic heterocycles. The topological polar surface area (TPSA) is 107 Å². The van der Waals surface area contributed by atoms with Gasteiger partial charge in [-0.25, -0.2) is 0 Å². The van der Waals surface area contributed by atoms with E-state index in [-0.39, 0.29) is 0 Å². The highest BCUT2D eigenvalue weighted by molar-refractivity contribution is 5.85. The van der Waals surface area contributed by atoms with Crippen molar-refractivity contribution in [2.45, 2.75) is 31.5 Å². The molecule has 0 aromatic carbocycles. The van der Waals surface area contributed by atoms with Gasteiger partial charge in [-0.05, 0) is 19.3 Å². The molecule has 1 fully saturated rings. The number of primary amides is 1. The van der Waals surface area contributed by atoms with Crippen molar-refractivity contribution in [3.63, 3.8) is 0 Å². The van der Waals surface area contributed by atoms with E-state index in [0.717, 1.165) is 0 Å². The maximum Gasteiger partial charge on any atom is 0.243 e. The number of amides is 1. The van der Waals surface area contributed by atoms with E-state index in [2.05, 4.69) is 0 Å². The van der Waals surface area contributed by atoms with E-state index in [9.17, 15) is 15.0 Å². The van der Waals surface area contributed by atoms with E-state index in [1.165, 1.54) is 0 Å². The Morgan fingerprint density at radius 3 is 2.15 bits per heavy atom. The van der Waals surface area contributed by atoms with Crippen LogP contribution in [-0.4, -0.2) is 28.3 Å². The van der Waals surface area contributed by atoms with E-state index < -0.39 is 23.5 Å². The summed E-state index contributed by atoms with van der Waals surface area (Å²) in [5, 5.41) is 27.7. The smallest absolute Gasteiger partial charge is 0.243 e. The predicted octanol–water partition coefficient (Wildman–Crippen LogP) is -1.11. The van der Waals surface area contributed by atoms with Crippen molar-refractivity contribution in [1.29, 1.82) is 5.26 Å². The number of aliphatic hydroxyl groups excluding tert-OH is 2. The number of nitriles is 1. The first-order valence-electron chi connectivity index (χ1n) is 4.13. The fourth-order valence-electron chi connectivity index (χ4n) is 1.71. The number of carbonyl (C=O) groups excluding carboxylic acids is 1. The number of nitrogens with zero attached hydrogens (tertiary/aromatic N) is 1. The summed E-state index contributed by atoms with van der Waals surface area (Å²) in [6.45, 7) is 0. The Balaban J connectivity index is 3.05. The quantitative estimate of drug-likeness (QED) is 0.480. The maximum absolute atomic E-state index is 11.0. The van der Waals surface area contributed by atoms with Crippen molar-refractivity contribution in [2.24, 2.45) is 11.1 Å². The van der Waals surface area contributed by atoms with E-state index in [4.69, 9.17) is 11.0 Å². The highest BCUT2D eigenvalue weighted by atomic mass is 16.3. The first-order valence-corrected chi connectivity index (χ1v) is 4.13. The summed E-state index contributed by atoms with van der Waals surface area (Å²) in [5.74, 6) is -0.949. The Morgan fingerprint density at radius 1 is 1.46 bits per heavy atom. The zero-order valence-corrected chi connectivity index (χ0v) is 7.10. The van der Waals surface area contributed by atoms with Crippen LogP contribution in [0.1, 0.15) is 19.3 Å². The monoisotopic (exact) mass is 184 g/mol. The molecule has 0 spiro atoms. The van der Waals surface area contributed by atoms with E-state index >= 15 is 0 Å². The molecule has 72 valence electrons. The molecule has 1 saturated carbocycles. The van der Waals surface area contributed by atoms with Crippen molar-refractivity contribution in [3.8, 4) is 6.07 Å². The van der Waals surface area contributed by atoms with Gasteiger partial charge in [0.15, 0.2) is 5.41 Å². The zero-order chi connectivity index (χ0) is 10.1. The van der Waals surface area contributed by atoms with Crippen molar-refractivity contribution in [3.05, 3.63) is 0 Å². The minimum Gasteiger partial charge on any atom is -0.391 e. The van der Waals surface area contributed by atoms with Crippen molar-refractivity contribution in [2.75, 3.05) is 0 Å². The van der Waals surface area contributed by atoms with Gasteiger partial charge < -0.3 is 15.9 Å². The molecule has 2 atom stereocenters. The fraction of sp³-hybridized carbons (Fsp3) is 0.750. The van der Waals surface area contributed by atoms with Crippen molar-refractivity contribution >= 4 is 5.91 Å². The average Bonchev–Trinajstić information content (AvgIpc) is 2.05. The predicted molar refractivity (Wildman–Crippen MR) is 43.1 cm³/mol. The third-order valence-corrected chi connectivity index (χ3v) is 2.60. The molecule has 1 aliphatic rings. The molecule has 1 amide bonds. The summed E-state index contributed by atoms with van der Waals surface area (Å²) in [6.07, 6.45) is -1.06. The fourth-order valence-corrected chi connectivity index (χ4v) is 1.71. The minimum absolute atomic E-state index is 0.327. The van der Waals surface area contributed by atoms with Gasteiger partial charge in [0.25, 0.3) is 0 Å². The average molecular weight is 184 g/mol. The Kier molecular flexibility index (Phi) is 2.55. The van der Waals surface area contributed by atoms with Gasteiger partial charge in [-0.3, -0.25) is 4.79 Å². The lowest BCUT2D eigenvalue weighted by Gasteiger charge is -2.36. The summed E-state index contributed by atoms with van der Waals surface area (Å²) in [4.78, 5) is 11.0. The van der Waals surface area contributed by atoms with Crippen LogP contribution >= 0.6 is 0 Å². The first kappa shape index (κ1) is 9.96. The SMILES string of the molecule is N#CC1(C(N)=O)C(O)CCCC1O. The van der Waals surface area contributed by atoms with Gasteiger partial charge in [-0.2, -0.15) is 5.26 Å². The molecule has 2 unspecified atom stereocenters. The molecule has 13 heavy (non-hydrogen) atoms. The summed E-state index contributed by atoms with van der Waals surface area (Å²) in [6, 6.07) is 1.64. The number of hydrogen-bond acceptors (Lipinski definition) is 4. The van der Waals surface area contributed by atoms with Crippen molar-refractivity contribution < 1.29 is 15.0 Å². The second kappa shape index (κ2) is 3.32. The highest BCUT2D eigenvalue weighted by Crippen LogP contribution is 2.35. The van der Waals surface area contributed by atoms with Crippen LogP contribution in [-0.2, 0) is 4.79 Å². The normalized spacial score (nSPS) is 39.5. The lowest BCUT2D eigenvalue weighted by atomic mass is 9.70. The third-order valence-electron chi connectivity index (χ3n) is 2.60. The molecule has 0 aromatic rings. The van der Waals surface area contributed by atoms with Crippen LogP contribution in [0.5, 0.6) is 0 Å². The molecule has 1 aliphatic carbocycles. The summed E-state index contributed by atoms with van der Waals surface area (Å²) in [5.41, 5.74) is 3.20. The van der Waals surface area contributed by atoms with E-state index in [1.54, 1.807) is 6.07 Å². The van der Waals surface area contributed by atoms with Crippen LogP contribution in [0.15, 0.2) is 0 Å². The zero-order valence-electron chi connectivity index (χ0n) is 7.10. The number of hydrogen-bond donors (Lipinski definition) is 3. The second-order valence-corrected chi connectivity index (χ2v) is 3.31. The van der Waals surface area contributed by atoms with Crippen molar-refractivity contribution in [1.82, 2.24) is 0 Å². The molecule has 5 nitrogen and oxygen atoms in total. The van der Waals surface area contributed by atoms with Gasteiger partial charge in [0.1, 0.15) is 0 Å². The van der Waals surface area contributed by atoms with Gasteiger partial charge in [0, 0.05) is 0 Å². The molecule has 0 heterocycles. The molecule has 4 N–H and O–H groups in total. The van der Waals surface area contributed by atoms with Gasteiger partial charge in [-0.1, -0.05) is 0 Å². The maximum atomic E-state index is 11.0. The minimum atomic E-state index is -1.81. The van der Waals surface area contributed by atoms with Crippen LogP contribution in [0.4, 0.5) is 0 Å². The van der Waals surface area contributed by atoms with Crippen LogP contribution in [0.25, 0.3) is 0 Å². The lowest BCUT2D eigenvalue weighted by molar-refractivity contribution is -0.143. The van der Waals surface area contributed by atoms with Crippen LogP contribution in [0, 0.1) is 16.7 Å². The molecule has 5 heteroatoms. The summed E-state index contributed by atoms with van der Waals surface area (Å²) in [7, 11) is 0. The van der Waals surface area contributed by atoms with Crippen LogP contribution in [0.3, 0.4) is 0 Å². The van der Waals surface area contributed by atoms with Gasteiger partial charge in [0.2, 0.25) is 5.91 Å². The Bertz CT molecular complexity index is 249. The second-order valence-electron chi connectivity index (χ2n) is 3.31. The standard InChI is InChI=1S/C8H12N2O3/c9-4-8(7(10)13)5(11)2-1-3-6(8)12/h5-6,11-12H,1-3H2,(H2,10,13). The Morgan fingerprint density at radius 2 is 1.92 bits per heavy atom. The molecular weight excluding hydrogens is 172 g/mol. The Hall–Kier alpha value is -1.12. The Labute approximate surface area is 75.8 Å². The van der Waals surface area contributed by atoms with Gasteiger partial charge in [0.05, 0.1) is 18.3 Å². The number of rotatable bonds is 1. The molecule has 0 saturated heterocycles. The molecular formula is C8H12N2O3. The van der Waals surface area contributed by atoms with Crippen LogP contribution in [0.2, 0.25) is 0 Å². The number of carbonyl (C=O) groups is 1. The van der Waals surface area contributed by atoms with E-state index in [1.807, 2.05) is 0 Å². The molecule has 0 aromatic heterocycles. The third kappa shape index (κ3) is 1.28. The van der Waals surface area contributed by atoms with Gasteiger partial charge >= 0.3 is 0 Å². The molecule has 1 rings (SSSR count). The first-order chi connectivity index (χ1) is 6.05. The van der Waals surface area contributed by atoms with Gasteiger partial charge in [-0.15, -0.1) is 0 Å². The summed E-state index contributed by atoms with van der Waals surface area (Å²) < 4.78 is 0. The summed E-state index contributed by atoms with van der Waals surface area (Å²) >= 11 is 0. The molecule has 0 bridgehead atoms. The molecule has 0 radical (unpaired) electrons. The largest absolute Gasteiger partial charge is 0.391 e. The van der Waals surface area contributed by atoms with E-state index in [0.29, 0.717) is 19.3 Å². The lowest BCUT2D eigenvalue weighted by Crippen LogP contribution is -2.55. The van der Waals surface area contributed by atoms with Crippen LogP contribution < -0.4 is 5.73 Å². The highest BCUT2D eigenvalue weighted by Gasteiger charge is 2.52. The number of nitrogens with two attached hydrogens (primary N) is 1.